The zero-order chi connectivity index (χ0) is 13.4. The number of rotatable bonds is 6. The molecular formula is C13H18N4O. The van der Waals surface area contributed by atoms with Crippen LogP contribution in [0.4, 0.5) is 5.82 Å². The predicted octanol–water partition coefficient (Wildman–Crippen LogP) is 1.89. The van der Waals surface area contributed by atoms with E-state index >= 15 is 0 Å². The Morgan fingerprint density at radius 1 is 1.56 bits per heavy atom. The van der Waals surface area contributed by atoms with Crippen molar-refractivity contribution in [3.8, 4) is 6.07 Å². The first-order chi connectivity index (χ1) is 8.72. The first kappa shape index (κ1) is 14.0. The minimum atomic E-state index is -0.0608. The molecule has 0 aromatic carbocycles. The number of pyridine rings is 1. The molecule has 0 fully saturated rings. The summed E-state index contributed by atoms with van der Waals surface area (Å²) in [5.74, 6) is 0.633. The Morgan fingerprint density at radius 3 is 2.94 bits per heavy atom. The molecule has 1 amide bonds. The lowest BCUT2D eigenvalue weighted by Crippen LogP contribution is -2.31. The van der Waals surface area contributed by atoms with Gasteiger partial charge in [-0.2, -0.15) is 5.26 Å². The fourth-order valence-electron chi connectivity index (χ4n) is 1.61. The number of amides is 1. The van der Waals surface area contributed by atoms with Crippen molar-refractivity contribution in [1.29, 1.82) is 5.26 Å². The maximum Gasteiger partial charge on any atom is 0.254 e. The fourth-order valence-corrected chi connectivity index (χ4v) is 1.61. The van der Waals surface area contributed by atoms with E-state index in [9.17, 15) is 4.79 Å². The van der Waals surface area contributed by atoms with Gasteiger partial charge in [-0.1, -0.05) is 0 Å². The maximum absolute atomic E-state index is 12.2. The van der Waals surface area contributed by atoms with Crippen LogP contribution in [-0.4, -0.2) is 35.4 Å². The van der Waals surface area contributed by atoms with Gasteiger partial charge in [0.1, 0.15) is 5.82 Å². The molecule has 0 spiro atoms. The minimum Gasteiger partial charge on any atom is -0.370 e. The fraction of sp³-hybridized carbons (Fsp3) is 0.462. The quantitative estimate of drug-likeness (QED) is 0.832. The van der Waals surface area contributed by atoms with E-state index in [0.29, 0.717) is 30.9 Å². The molecule has 0 unspecified atom stereocenters. The maximum atomic E-state index is 12.2. The van der Waals surface area contributed by atoms with Gasteiger partial charge in [-0.05, 0) is 26.0 Å². The molecule has 96 valence electrons. The van der Waals surface area contributed by atoms with E-state index in [1.165, 1.54) is 0 Å². The Hall–Kier alpha value is -2.09. The van der Waals surface area contributed by atoms with Gasteiger partial charge in [-0.3, -0.25) is 4.79 Å². The van der Waals surface area contributed by atoms with Gasteiger partial charge in [0.25, 0.3) is 5.91 Å². The van der Waals surface area contributed by atoms with Gasteiger partial charge in [0, 0.05) is 31.4 Å². The lowest BCUT2D eigenvalue weighted by Gasteiger charge is -2.19. The van der Waals surface area contributed by atoms with E-state index in [4.69, 9.17) is 5.26 Å². The van der Waals surface area contributed by atoms with Crippen LogP contribution in [0.25, 0.3) is 0 Å². The third kappa shape index (κ3) is 3.74. The molecular weight excluding hydrogens is 228 g/mol. The molecule has 1 rings (SSSR count). The van der Waals surface area contributed by atoms with E-state index in [1.807, 2.05) is 13.8 Å². The standard InChI is InChI=1S/C13H18N4O/c1-3-15-12-10-11(6-8-16-12)13(18)17(4-2)9-5-7-14/h6,8,10H,3-5,9H2,1-2H3,(H,15,16). The molecule has 1 N–H and O–H groups in total. The molecule has 0 aliphatic carbocycles. The molecule has 0 bridgehead atoms. The second-order valence-corrected chi connectivity index (χ2v) is 3.75. The SMILES string of the molecule is CCNc1cc(C(=O)N(CC)CCC#N)ccn1. The van der Waals surface area contributed by atoms with Crippen LogP contribution >= 0.6 is 0 Å². The largest absolute Gasteiger partial charge is 0.370 e. The number of aromatic nitrogens is 1. The highest BCUT2D eigenvalue weighted by atomic mass is 16.2. The van der Waals surface area contributed by atoms with Crippen LogP contribution in [0.15, 0.2) is 18.3 Å². The Labute approximate surface area is 107 Å². The van der Waals surface area contributed by atoms with Crippen molar-refractivity contribution >= 4 is 11.7 Å². The van der Waals surface area contributed by atoms with Crippen LogP contribution in [0, 0.1) is 11.3 Å². The third-order valence-electron chi connectivity index (χ3n) is 2.53. The molecule has 5 nitrogen and oxygen atoms in total. The Balaban J connectivity index is 2.81. The zero-order valence-corrected chi connectivity index (χ0v) is 10.8. The van der Waals surface area contributed by atoms with Crippen LogP contribution in [-0.2, 0) is 0 Å². The van der Waals surface area contributed by atoms with Crippen LogP contribution in [0.1, 0.15) is 30.6 Å². The molecule has 1 aromatic rings. The summed E-state index contributed by atoms with van der Waals surface area (Å²) in [4.78, 5) is 18.0. The van der Waals surface area contributed by atoms with Gasteiger partial charge in [0.15, 0.2) is 0 Å². The lowest BCUT2D eigenvalue weighted by atomic mass is 10.2. The van der Waals surface area contributed by atoms with Crippen molar-refractivity contribution in [3.63, 3.8) is 0 Å². The number of carbonyl (C=O) groups excluding carboxylic acids is 1. The molecule has 0 aliphatic rings. The average molecular weight is 246 g/mol. The molecule has 0 saturated carbocycles. The van der Waals surface area contributed by atoms with E-state index in [-0.39, 0.29) is 5.91 Å². The topological polar surface area (TPSA) is 69.0 Å². The van der Waals surface area contributed by atoms with Crippen LogP contribution < -0.4 is 5.32 Å². The summed E-state index contributed by atoms with van der Waals surface area (Å²) in [6.45, 7) is 5.70. The van der Waals surface area contributed by atoms with E-state index in [0.717, 1.165) is 6.54 Å². The Bertz CT molecular complexity index is 439. The highest BCUT2D eigenvalue weighted by Gasteiger charge is 2.14. The number of anilines is 1. The van der Waals surface area contributed by atoms with E-state index in [1.54, 1.807) is 23.2 Å². The molecule has 5 heteroatoms. The van der Waals surface area contributed by atoms with Crippen molar-refractivity contribution in [2.24, 2.45) is 0 Å². The monoisotopic (exact) mass is 246 g/mol. The summed E-state index contributed by atoms with van der Waals surface area (Å²) < 4.78 is 0. The molecule has 0 radical (unpaired) electrons. The summed E-state index contributed by atoms with van der Waals surface area (Å²) >= 11 is 0. The van der Waals surface area contributed by atoms with Gasteiger partial charge >= 0.3 is 0 Å². The summed E-state index contributed by atoms with van der Waals surface area (Å²) in [5, 5.41) is 11.6. The normalized spacial score (nSPS) is 9.61. The Morgan fingerprint density at radius 2 is 2.33 bits per heavy atom. The summed E-state index contributed by atoms with van der Waals surface area (Å²) in [6.07, 6.45) is 1.97. The summed E-state index contributed by atoms with van der Waals surface area (Å²) in [7, 11) is 0. The molecule has 0 atom stereocenters. The van der Waals surface area contributed by atoms with Crippen molar-refractivity contribution in [3.05, 3.63) is 23.9 Å². The third-order valence-corrected chi connectivity index (χ3v) is 2.53. The van der Waals surface area contributed by atoms with Gasteiger partial charge in [0.05, 0.1) is 12.5 Å². The highest BCUT2D eigenvalue weighted by molar-refractivity contribution is 5.94. The number of hydrogen-bond acceptors (Lipinski definition) is 4. The van der Waals surface area contributed by atoms with Crippen molar-refractivity contribution in [1.82, 2.24) is 9.88 Å². The average Bonchev–Trinajstić information content (AvgIpc) is 2.40. The van der Waals surface area contributed by atoms with Crippen molar-refractivity contribution in [2.75, 3.05) is 25.0 Å². The second kappa shape index (κ2) is 7.28. The number of nitrogens with one attached hydrogen (secondary N) is 1. The number of nitriles is 1. The molecule has 0 saturated heterocycles. The first-order valence-electron chi connectivity index (χ1n) is 6.09. The summed E-state index contributed by atoms with van der Waals surface area (Å²) in [5.41, 5.74) is 0.598. The molecule has 18 heavy (non-hydrogen) atoms. The van der Waals surface area contributed by atoms with E-state index in [2.05, 4.69) is 16.4 Å². The molecule has 1 heterocycles. The first-order valence-corrected chi connectivity index (χ1v) is 6.09. The Kier molecular flexibility index (Phi) is 5.65. The number of carbonyl (C=O) groups is 1. The highest BCUT2D eigenvalue weighted by Crippen LogP contribution is 2.10. The lowest BCUT2D eigenvalue weighted by molar-refractivity contribution is 0.0767. The van der Waals surface area contributed by atoms with Crippen LogP contribution in [0.5, 0.6) is 0 Å². The summed E-state index contributed by atoms with van der Waals surface area (Å²) in [6, 6.07) is 5.48. The second-order valence-electron chi connectivity index (χ2n) is 3.75. The van der Waals surface area contributed by atoms with Gasteiger partial charge in [-0.25, -0.2) is 4.98 Å². The zero-order valence-electron chi connectivity index (χ0n) is 10.8. The molecule has 1 aromatic heterocycles. The van der Waals surface area contributed by atoms with Gasteiger partial charge in [0.2, 0.25) is 0 Å². The van der Waals surface area contributed by atoms with Crippen molar-refractivity contribution in [2.45, 2.75) is 20.3 Å². The smallest absolute Gasteiger partial charge is 0.254 e. The predicted molar refractivity (Wildman–Crippen MR) is 70.2 cm³/mol. The van der Waals surface area contributed by atoms with Crippen LogP contribution in [0.2, 0.25) is 0 Å². The van der Waals surface area contributed by atoms with Crippen LogP contribution in [0.3, 0.4) is 0 Å². The minimum absolute atomic E-state index is 0.0608. The van der Waals surface area contributed by atoms with Gasteiger partial charge in [-0.15, -0.1) is 0 Å². The number of hydrogen-bond donors (Lipinski definition) is 1. The van der Waals surface area contributed by atoms with E-state index < -0.39 is 0 Å². The molecule has 0 aliphatic heterocycles. The van der Waals surface area contributed by atoms with Crippen molar-refractivity contribution < 1.29 is 4.79 Å². The number of nitrogens with zero attached hydrogens (tertiary/aromatic N) is 3. The van der Waals surface area contributed by atoms with Gasteiger partial charge < -0.3 is 10.2 Å².